The Kier molecular flexibility index (Phi) is 6.80. The number of piperidine rings is 1. The van der Waals surface area contributed by atoms with Gasteiger partial charge < -0.3 is 20.4 Å². The first-order valence-corrected chi connectivity index (χ1v) is 13.0. The highest BCUT2D eigenvalue weighted by Crippen LogP contribution is 2.52. The SMILES string of the molecule is C=C/C=C(Sc1cnc2nc(N3CCC4(CC3)Cc3cc(OC)c(F)cc3[C@H]4N)[nH]c2n1)\C(Cl)=C/C. The first kappa shape index (κ1) is 24.8. The van der Waals surface area contributed by atoms with Gasteiger partial charge in [0.25, 0.3) is 0 Å². The summed E-state index contributed by atoms with van der Waals surface area (Å²) in [5, 5.41) is 1.34. The van der Waals surface area contributed by atoms with Crippen LogP contribution in [-0.4, -0.2) is 40.1 Å². The van der Waals surface area contributed by atoms with Crippen LogP contribution in [0.2, 0.25) is 0 Å². The lowest BCUT2D eigenvalue weighted by atomic mass is 9.73. The molecule has 36 heavy (non-hydrogen) atoms. The van der Waals surface area contributed by atoms with E-state index in [-0.39, 0.29) is 23.0 Å². The average molecular weight is 527 g/mol. The van der Waals surface area contributed by atoms with Crippen molar-refractivity contribution >= 4 is 40.6 Å². The number of rotatable bonds is 6. The number of thioether (sulfide) groups is 1. The van der Waals surface area contributed by atoms with Gasteiger partial charge in [0, 0.05) is 24.0 Å². The molecule has 1 atom stereocenters. The molecular weight excluding hydrogens is 499 g/mol. The molecule has 3 heterocycles. The van der Waals surface area contributed by atoms with E-state index in [4.69, 9.17) is 27.1 Å². The lowest BCUT2D eigenvalue weighted by Gasteiger charge is -2.42. The summed E-state index contributed by atoms with van der Waals surface area (Å²) >= 11 is 7.73. The number of benzene rings is 1. The molecule has 1 fully saturated rings. The average Bonchev–Trinajstić information content (AvgIpc) is 3.42. The van der Waals surface area contributed by atoms with Crippen LogP contribution in [0.15, 0.2) is 58.1 Å². The third kappa shape index (κ3) is 4.40. The van der Waals surface area contributed by atoms with E-state index in [9.17, 15) is 4.39 Å². The quantitative estimate of drug-likeness (QED) is 0.317. The van der Waals surface area contributed by atoms with Crippen LogP contribution in [0, 0.1) is 11.2 Å². The zero-order valence-electron chi connectivity index (χ0n) is 20.2. The van der Waals surface area contributed by atoms with Gasteiger partial charge in [0.15, 0.2) is 22.9 Å². The molecule has 2 aliphatic rings. The summed E-state index contributed by atoms with van der Waals surface area (Å²) in [7, 11) is 1.49. The van der Waals surface area contributed by atoms with Gasteiger partial charge in [-0.2, -0.15) is 4.98 Å². The van der Waals surface area contributed by atoms with Crippen molar-refractivity contribution in [2.24, 2.45) is 11.1 Å². The molecule has 3 aromatic rings. The summed E-state index contributed by atoms with van der Waals surface area (Å²) in [4.78, 5) is 20.2. The molecule has 0 saturated carbocycles. The molecule has 0 unspecified atom stereocenters. The van der Waals surface area contributed by atoms with Gasteiger partial charge in [-0.05, 0) is 60.9 Å². The van der Waals surface area contributed by atoms with Crippen molar-refractivity contribution in [3.8, 4) is 5.75 Å². The Balaban J connectivity index is 1.31. The molecule has 1 aliphatic heterocycles. The molecule has 2 aromatic heterocycles. The summed E-state index contributed by atoms with van der Waals surface area (Å²) in [5.74, 6) is 0.656. The maximum absolute atomic E-state index is 14.3. The van der Waals surface area contributed by atoms with E-state index in [1.165, 1.54) is 18.9 Å². The summed E-state index contributed by atoms with van der Waals surface area (Å²) in [6, 6.07) is 3.15. The smallest absolute Gasteiger partial charge is 0.206 e. The Morgan fingerprint density at radius 3 is 2.83 bits per heavy atom. The summed E-state index contributed by atoms with van der Waals surface area (Å²) in [5.41, 5.74) is 9.75. The van der Waals surface area contributed by atoms with Gasteiger partial charge in [-0.1, -0.05) is 42.1 Å². The number of nitrogens with two attached hydrogens (primary N) is 1. The van der Waals surface area contributed by atoms with Crippen LogP contribution in [-0.2, 0) is 6.42 Å². The molecule has 0 radical (unpaired) electrons. The number of allylic oxidation sites excluding steroid dienone is 4. The Morgan fingerprint density at radius 1 is 1.36 bits per heavy atom. The fourth-order valence-corrected chi connectivity index (χ4v) is 6.20. The van der Waals surface area contributed by atoms with Crippen molar-refractivity contribution in [1.29, 1.82) is 0 Å². The number of halogens is 2. The van der Waals surface area contributed by atoms with Crippen LogP contribution in [0.25, 0.3) is 11.3 Å². The maximum atomic E-state index is 14.3. The van der Waals surface area contributed by atoms with E-state index < -0.39 is 0 Å². The highest BCUT2D eigenvalue weighted by molar-refractivity contribution is 8.03. The monoisotopic (exact) mass is 526 g/mol. The van der Waals surface area contributed by atoms with Crippen molar-refractivity contribution in [3.63, 3.8) is 0 Å². The first-order valence-electron chi connectivity index (χ1n) is 11.8. The van der Waals surface area contributed by atoms with Crippen molar-refractivity contribution in [2.45, 2.75) is 37.3 Å². The molecule has 3 N–H and O–H groups in total. The van der Waals surface area contributed by atoms with Crippen molar-refractivity contribution in [3.05, 3.63) is 70.0 Å². The van der Waals surface area contributed by atoms with Gasteiger partial charge in [-0.15, -0.1) is 0 Å². The molecule has 1 aromatic carbocycles. The highest BCUT2D eigenvalue weighted by Gasteiger charge is 2.46. The molecule has 1 spiro atoms. The Hall–Kier alpha value is -2.88. The minimum atomic E-state index is -0.360. The van der Waals surface area contributed by atoms with Gasteiger partial charge >= 0.3 is 0 Å². The maximum Gasteiger partial charge on any atom is 0.206 e. The number of imidazole rings is 1. The molecule has 7 nitrogen and oxygen atoms in total. The largest absolute Gasteiger partial charge is 0.494 e. The Bertz CT molecular complexity index is 1380. The molecule has 188 valence electrons. The molecule has 0 amide bonds. The van der Waals surface area contributed by atoms with E-state index in [1.54, 1.807) is 24.4 Å². The number of aromatic nitrogens is 4. The van der Waals surface area contributed by atoms with Gasteiger partial charge in [-0.25, -0.2) is 14.4 Å². The minimum absolute atomic E-state index is 0.0933. The van der Waals surface area contributed by atoms with Gasteiger partial charge in [0.05, 0.1) is 18.3 Å². The van der Waals surface area contributed by atoms with Crippen LogP contribution in [0.1, 0.15) is 36.9 Å². The fourth-order valence-electron chi connectivity index (χ4n) is 5.17. The topological polar surface area (TPSA) is 93.0 Å². The fraction of sp³-hybridized carbons (Fsp3) is 0.346. The number of nitrogens with one attached hydrogen (secondary N) is 1. The zero-order valence-corrected chi connectivity index (χ0v) is 21.8. The minimum Gasteiger partial charge on any atom is -0.494 e. The molecule has 1 saturated heterocycles. The zero-order chi connectivity index (χ0) is 25.4. The normalized spacial score (nSPS) is 19.7. The molecular formula is C26H28ClFN6OS. The number of anilines is 1. The summed E-state index contributed by atoms with van der Waals surface area (Å²) in [6.45, 7) is 7.20. The van der Waals surface area contributed by atoms with Gasteiger partial charge in [-0.3, -0.25) is 0 Å². The molecule has 1 aliphatic carbocycles. The van der Waals surface area contributed by atoms with Crippen LogP contribution in [0.4, 0.5) is 10.3 Å². The number of methoxy groups -OCH3 is 1. The summed E-state index contributed by atoms with van der Waals surface area (Å²) in [6.07, 6.45) is 9.65. The number of hydrogen-bond acceptors (Lipinski definition) is 7. The Labute approximate surface area is 218 Å². The second-order valence-corrected chi connectivity index (χ2v) is 10.6. The van der Waals surface area contributed by atoms with E-state index in [2.05, 4.69) is 26.4 Å². The van der Waals surface area contributed by atoms with Gasteiger partial charge in [0.1, 0.15) is 5.03 Å². The van der Waals surface area contributed by atoms with Crippen molar-refractivity contribution in [2.75, 3.05) is 25.1 Å². The lowest BCUT2D eigenvalue weighted by molar-refractivity contribution is 0.187. The third-order valence-corrected chi connectivity index (χ3v) is 8.67. The van der Waals surface area contributed by atoms with E-state index in [0.29, 0.717) is 21.4 Å². The molecule has 0 bridgehead atoms. The second kappa shape index (κ2) is 9.88. The number of ether oxygens (including phenoxy) is 1. The molecule has 5 rings (SSSR count). The van der Waals surface area contributed by atoms with Crippen molar-refractivity contribution in [1.82, 2.24) is 19.9 Å². The van der Waals surface area contributed by atoms with Crippen LogP contribution >= 0.6 is 23.4 Å². The number of fused-ring (bicyclic) bond motifs is 2. The van der Waals surface area contributed by atoms with Crippen molar-refractivity contribution < 1.29 is 9.13 Å². The van der Waals surface area contributed by atoms with E-state index >= 15 is 0 Å². The lowest BCUT2D eigenvalue weighted by Crippen LogP contribution is -2.44. The number of aromatic amines is 1. The van der Waals surface area contributed by atoms with Crippen LogP contribution < -0.4 is 15.4 Å². The predicted molar refractivity (Wildman–Crippen MR) is 143 cm³/mol. The highest BCUT2D eigenvalue weighted by atomic mass is 35.5. The number of hydrogen-bond donors (Lipinski definition) is 2. The van der Waals surface area contributed by atoms with Gasteiger partial charge in [0.2, 0.25) is 5.95 Å². The van der Waals surface area contributed by atoms with Crippen LogP contribution in [0.5, 0.6) is 5.75 Å². The predicted octanol–water partition coefficient (Wildman–Crippen LogP) is 5.65. The number of H-pyrrole nitrogens is 1. The standard InChI is InChI=1S/C26H28ClFN6OS/c1-4-6-20(17(27)5-2)36-21-14-30-23-24(31-21)33-25(32-23)34-9-7-26(8-10-34)13-15-11-19(35-3)18(28)12-16(15)22(26)29/h4-6,11-12,14,22H,1,7-10,13,29H2,2-3H3,(H,30,31,32,33)/b17-5+,20-6+/t22-/m1/s1. The number of nitrogens with zero attached hydrogens (tertiary/aromatic N) is 4. The summed E-state index contributed by atoms with van der Waals surface area (Å²) < 4.78 is 19.5. The Morgan fingerprint density at radius 2 is 2.14 bits per heavy atom. The van der Waals surface area contributed by atoms with Crippen LogP contribution in [0.3, 0.4) is 0 Å². The first-order chi connectivity index (χ1) is 17.4. The molecule has 10 heteroatoms. The van der Waals surface area contributed by atoms with E-state index in [1.807, 2.05) is 19.1 Å². The third-order valence-electron chi connectivity index (χ3n) is 7.16. The second-order valence-electron chi connectivity index (χ2n) is 9.14. The van der Waals surface area contributed by atoms with E-state index in [0.717, 1.165) is 54.3 Å².